The molecule has 3 aromatic heterocycles. The molecule has 3 aromatic rings. The van der Waals surface area contributed by atoms with Gasteiger partial charge in [0.15, 0.2) is 0 Å². The summed E-state index contributed by atoms with van der Waals surface area (Å²) in [6.45, 7) is 4.28. The zero-order valence-electron chi connectivity index (χ0n) is 13.5. The van der Waals surface area contributed by atoms with Crippen molar-refractivity contribution in [1.29, 1.82) is 0 Å². The molecule has 0 spiro atoms. The minimum absolute atomic E-state index is 0.106. The van der Waals surface area contributed by atoms with E-state index in [9.17, 15) is 4.79 Å². The predicted octanol–water partition coefficient (Wildman–Crippen LogP) is 4.81. The molecule has 3 heterocycles. The molecular weight excluding hydrogens is 360 g/mol. The van der Waals surface area contributed by atoms with Crippen molar-refractivity contribution >= 4 is 45.0 Å². The lowest BCUT2D eigenvalue weighted by atomic mass is 10.1. The molecule has 1 amide bonds. The van der Waals surface area contributed by atoms with Crippen LogP contribution in [0.5, 0.6) is 0 Å². The highest BCUT2D eigenvalue weighted by atomic mass is 32.1. The standard InChI is InChI=1S/C16H18N4OS3/c1-3-10(4-2)14-19-20-16(24-14)18-13(21)8-11-9-23-15(17-11)12-6-5-7-22-12/h5-7,9-10H,3-4,8H2,1-2H3,(H,18,20,21). The Hall–Kier alpha value is -1.64. The molecule has 0 atom stereocenters. The second-order valence-corrected chi connectivity index (χ2v) is 8.12. The van der Waals surface area contributed by atoms with Gasteiger partial charge in [0.2, 0.25) is 11.0 Å². The third kappa shape index (κ3) is 4.06. The van der Waals surface area contributed by atoms with E-state index in [4.69, 9.17) is 0 Å². The molecule has 126 valence electrons. The first-order valence-electron chi connectivity index (χ1n) is 7.81. The van der Waals surface area contributed by atoms with E-state index < -0.39 is 0 Å². The topological polar surface area (TPSA) is 67.8 Å². The molecule has 0 bridgehead atoms. The van der Waals surface area contributed by atoms with Crippen molar-refractivity contribution in [2.24, 2.45) is 0 Å². The fourth-order valence-electron chi connectivity index (χ4n) is 2.32. The Balaban J connectivity index is 1.60. The van der Waals surface area contributed by atoms with Gasteiger partial charge in [0.25, 0.3) is 0 Å². The van der Waals surface area contributed by atoms with Crippen molar-refractivity contribution in [2.75, 3.05) is 5.32 Å². The quantitative estimate of drug-likeness (QED) is 0.641. The fourth-order valence-corrected chi connectivity index (χ4v) is 4.98. The van der Waals surface area contributed by atoms with Gasteiger partial charge < -0.3 is 5.32 Å². The Bertz CT molecular complexity index is 790. The number of aromatic nitrogens is 3. The van der Waals surface area contributed by atoms with Crippen molar-refractivity contribution < 1.29 is 4.79 Å². The van der Waals surface area contributed by atoms with Crippen LogP contribution in [-0.2, 0) is 11.2 Å². The number of thiazole rings is 1. The Labute approximate surface area is 152 Å². The summed E-state index contributed by atoms with van der Waals surface area (Å²) >= 11 is 4.68. The summed E-state index contributed by atoms with van der Waals surface area (Å²) in [5, 5.41) is 17.6. The average Bonchev–Trinajstić information content (AvgIpc) is 3.29. The molecule has 5 nitrogen and oxygen atoms in total. The normalized spacial score (nSPS) is 11.1. The van der Waals surface area contributed by atoms with Crippen LogP contribution in [0.15, 0.2) is 22.9 Å². The van der Waals surface area contributed by atoms with Gasteiger partial charge in [0.05, 0.1) is 17.0 Å². The van der Waals surface area contributed by atoms with E-state index in [-0.39, 0.29) is 12.3 Å². The first kappa shape index (κ1) is 17.2. The highest BCUT2D eigenvalue weighted by Crippen LogP contribution is 2.29. The first-order chi connectivity index (χ1) is 11.7. The molecule has 0 aliphatic heterocycles. The van der Waals surface area contributed by atoms with E-state index in [1.807, 2.05) is 22.9 Å². The van der Waals surface area contributed by atoms with Crippen LogP contribution < -0.4 is 5.32 Å². The summed E-state index contributed by atoms with van der Waals surface area (Å²) in [4.78, 5) is 17.9. The summed E-state index contributed by atoms with van der Waals surface area (Å²) in [6, 6.07) is 4.04. The number of hydrogen-bond donors (Lipinski definition) is 1. The van der Waals surface area contributed by atoms with Crippen molar-refractivity contribution in [1.82, 2.24) is 15.2 Å². The maximum Gasteiger partial charge on any atom is 0.232 e. The van der Waals surface area contributed by atoms with E-state index in [2.05, 4.69) is 34.3 Å². The zero-order chi connectivity index (χ0) is 16.9. The lowest BCUT2D eigenvalue weighted by Crippen LogP contribution is -2.14. The highest BCUT2D eigenvalue weighted by Gasteiger charge is 2.15. The van der Waals surface area contributed by atoms with Crippen LogP contribution in [0.4, 0.5) is 5.13 Å². The van der Waals surface area contributed by atoms with Gasteiger partial charge in [-0.3, -0.25) is 4.79 Å². The Morgan fingerprint density at radius 2 is 2.08 bits per heavy atom. The monoisotopic (exact) mass is 378 g/mol. The van der Waals surface area contributed by atoms with Crippen LogP contribution in [0.1, 0.15) is 43.3 Å². The number of carbonyl (C=O) groups excluding carboxylic acids is 1. The number of rotatable bonds is 7. The molecule has 0 fully saturated rings. The lowest BCUT2D eigenvalue weighted by Gasteiger charge is -2.05. The third-order valence-corrected chi connectivity index (χ3v) is 6.58. The molecule has 0 aliphatic carbocycles. The third-order valence-electron chi connectivity index (χ3n) is 3.65. The summed E-state index contributed by atoms with van der Waals surface area (Å²) in [6.07, 6.45) is 2.31. The van der Waals surface area contributed by atoms with Crippen LogP contribution in [-0.4, -0.2) is 21.1 Å². The smallest absolute Gasteiger partial charge is 0.232 e. The predicted molar refractivity (Wildman–Crippen MR) is 101 cm³/mol. The van der Waals surface area contributed by atoms with Gasteiger partial charge in [0, 0.05) is 11.3 Å². The number of nitrogens with zero attached hydrogens (tertiary/aromatic N) is 3. The van der Waals surface area contributed by atoms with Crippen molar-refractivity contribution in [2.45, 2.75) is 39.0 Å². The second kappa shape index (κ2) is 7.96. The summed E-state index contributed by atoms with van der Waals surface area (Å²) in [5.74, 6) is 0.310. The Morgan fingerprint density at radius 1 is 1.25 bits per heavy atom. The summed E-state index contributed by atoms with van der Waals surface area (Å²) < 4.78 is 0. The maximum atomic E-state index is 12.2. The van der Waals surface area contributed by atoms with E-state index in [0.717, 1.165) is 33.4 Å². The van der Waals surface area contributed by atoms with Gasteiger partial charge in [-0.1, -0.05) is 31.3 Å². The van der Waals surface area contributed by atoms with Gasteiger partial charge in [-0.2, -0.15) is 0 Å². The van der Waals surface area contributed by atoms with Crippen LogP contribution in [0, 0.1) is 0 Å². The molecule has 0 aliphatic rings. The molecule has 0 unspecified atom stereocenters. The molecule has 8 heteroatoms. The van der Waals surface area contributed by atoms with E-state index in [0.29, 0.717) is 11.0 Å². The second-order valence-electron chi connectivity index (χ2n) is 5.31. The van der Waals surface area contributed by atoms with Crippen molar-refractivity contribution in [3.05, 3.63) is 33.6 Å². The SMILES string of the molecule is CCC(CC)c1nnc(NC(=O)Cc2csc(-c3cccs3)n2)s1. The number of carbonyl (C=O) groups is 1. The number of nitrogens with one attached hydrogen (secondary N) is 1. The van der Waals surface area contributed by atoms with Crippen molar-refractivity contribution in [3.63, 3.8) is 0 Å². The lowest BCUT2D eigenvalue weighted by molar-refractivity contribution is -0.115. The first-order valence-corrected chi connectivity index (χ1v) is 10.4. The summed E-state index contributed by atoms with van der Waals surface area (Å²) in [5.41, 5.74) is 0.783. The summed E-state index contributed by atoms with van der Waals surface area (Å²) in [7, 11) is 0. The van der Waals surface area contributed by atoms with Gasteiger partial charge >= 0.3 is 0 Å². The average molecular weight is 379 g/mol. The molecule has 24 heavy (non-hydrogen) atoms. The number of amides is 1. The van der Waals surface area contributed by atoms with E-state index in [1.54, 1.807) is 22.7 Å². The molecule has 3 rings (SSSR count). The van der Waals surface area contributed by atoms with E-state index in [1.165, 1.54) is 11.3 Å². The molecule has 0 saturated carbocycles. The minimum Gasteiger partial charge on any atom is -0.300 e. The van der Waals surface area contributed by atoms with Crippen molar-refractivity contribution in [3.8, 4) is 9.88 Å². The molecule has 0 saturated heterocycles. The Kier molecular flexibility index (Phi) is 5.70. The minimum atomic E-state index is -0.106. The van der Waals surface area contributed by atoms with E-state index >= 15 is 0 Å². The van der Waals surface area contributed by atoms with Crippen LogP contribution in [0.25, 0.3) is 9.88 Å². The largest absolute Gasteiger partial charge is 0.300 e. The number of hydrogen-bond acceptors (Lipinski definition) is 7. The molecule has 0 radical (unpaired) electrons. The van der Waals surface area contributed by atoms with Gasteiger partial charge in [-0.15, -0.1) is 32.9 Å². The Morgan fingerprint density at radius 3 is 2.79 bits per heavy atom. The van der Waals surface area contributed by atoms with Gasteiger partial charge in [0.1, 0.15) is 10.0 Å². The maximum absolute atomic E-state index is 12.2. The molecule has 1 N–H and O–H groups in total. The van der Waals surface area contributed by atoms with Gasteiger partial charge in [-0.25, -0.2) is 4.98 Å². The highest BCUT2D eigenvalue weighted by molar-refractivity contribution is 7.20. The molecular formula is C16H18N4OS3. The fraction of sp³-hybridized carbons (Fsp3) is 0.375. The van der Waals surface area contributed by atoms with Gasteiger partial charge in [-0.05, 0) is 24.3 Å². The molecule has 0 aromatic carbocycles. The van der Waals surface area contributed by atoms with Crippen LogP contribution in [0.3, 0.4) is 0 Å². The number of thiophene rings is 1. The van der Waals surface area contributed by atoms with Crippen LogP contribution in [0.2, 0.25) is 0 Å². The zero-order valence-corrected chi connectivity index (χ0v) is 15.9. The van der Waals surface area contributed by atoms with Crippen LogP contribution >= 0.6 is 34.0 Å². The number of anilines is 1.